The third-order valence-electron chi connectivity index (χ3n) is 9.98. The van der Waals surface area contributed by atoms with Gasteiger partial charge in [-0.15, -0.1) is 0 Å². The number of carbonyl (C=O) groups excluding carboxylic acids is 3. The van der Waals surface area contributed by atoms with Crippen molar-refractivity contribution < 1.29 is 28.6 Å². The molecule has 0 aromatic rings. The Morgan fingerprint density at radius 3 is 1.05 bits per heavy atom. The molecule has 0 fully saturated rings. The maximum absolute atomic E-state index is 12.7. The Morgan fingerprint density at radius 1 is 0.362 bits per heavy atom. The van der Waals surface area contributed by atoms with Crippen molar-refractivity contribution in [3.05, 3.63) is 72.9 Å². The van der Waals surface area contributed by atoms with Crippen LogP contribution in [0, 0.1) is 0 Å². The number of unbranched alkanes of at least 4 members (excludes halogenated alkanes) is 19. The quantitative estimate of drug-likeness (QED) is 0.0264. The van der Waals surface area contributed by atoms with E-state index in [1.54, 1.807) is 0 Å². The van der Waals surface area contributed by atoms with E-state index in [-0.39, 0.29) is 31.1 Å². The van der Waals surface area contributed by atoms with E-state index in [2.05, 4.69) is 93.7 Å². The number of allylic oxidation sites excluding steroid dienone is 12. The molecule has 0 amide bonds. The molecular weight excluding hydrogens is 721 g/mol. The van der Waals surface area contributed by atoms with Crippen LogP contribution in [-0.4, -0.2) is 37.2 Å². The van der Waals surface area contributed by atoms with Crippen molar-refractivity contribution in [1.29, 1.82) is 0 Å². The lowest BCUT2D eigenvalue weighted by atomic mass is 10.1. The van der Waals surface area contributed by atoms with Gasteiger partial charge < -0.3 is 14.2 Å². The van der Waals surface area contributed by atoms with Crippen molar-refractivity contribution in [3.8, 4) is 0 Å². The molecule has 6 heteroatoms. The van der Waals surface area contributed by atoms with E-state index in [0.29, 0.717) is 19.3 Å². The number of ether oxygens (including phenoxy) is 3. The average molecular weight is 809 g/mol. The van der Waals surface area contributed by atoms with Crippen molar-refractivity contribution >= 4 is 17.9 Å². The lowest BCUT2D eigenvalue weighted by Gasteiger charge is -2.18. The number of rotatable bonds is 42. The molecule has 0 rings (SSSR count). The molecule has 0 saturated heterocycles. The van der Waals surface area contributed by atoms with E-state index in [1.807, 2.05) is 0 Å². The summed E-state index contributed by atoms with van der Waals surface area (Å²) in [6.45, 7) is 6.44. The van der Waals surface area contributed by atoms with Gasteiger partial charge in [-0.05, 0) is 70.6 Å². The molecule has 58 heavy (non-hydrogen) atoms. The van der Waals surface area contributed by atoms with Gasteiger partial charge in [-0.1, -0.05) is 203 Å². The molecule has 1 unspecified atom stereocenters. The first kappa shape index (κ1) is 54.9. The van der Waals surface area contributed by atoms with Gasteiger partial charge in [-0.25, -0.2) is 0 Å². The van der Waals surface area contributed by atoms with Crippen LogP contribution in [0.5, 0.6) is 0 Å². The van der Waals surface area contributed by atoms with Gasteiger partial charge in [0.2, 0.25) is 0 Å². The zero-order chi connectivity index (χ0) is 42.3. The Balaban J connectivity index is 4.36. The maximum Gasteiger partial charge on any atom is 0.306 e. The molecule has 0 radical (unpaired) electrons. The Bertz CT molecular complexity index is 1110. The first-order chi connectivity index (χ1) is 28.5. The van der Waals surface area contributed by atoms with Crippen LogP contribution in [0.2, 0.25) is 0 Å². The van der Waals surface area contributed by atoms with Gasteiger partial charge in [-0.3, -0.25) is 14.4 Å². The van der Waals surface area contributed by atoms with Crippen LogP contribution in [0.3, 0.4) is 0 Å². The Hall–Kier alpha value is -3.15. The number of hydrogen-bond acceptors (Lipinski definition) is 6. The van der Waals surface area contributed by atoms with Crippen LogP contribution in [0.4, 0.5) is 0 Å². The zero-order valence-electron chi connectivity index (χ0n) is 37.8. The van der Waals surface area contributed by atoms with Gasteiger partial charge in [0.05, 0.1) is 0 Å². The molecule has 0 N–H and O–H groups in total. The number of esters is 3. The van der Waals surface area contributed by atoms with Gasteiger partial charge in [0.1, 0.15) is 13.2 Å². The molecule has 0 heterocycles. The normalized spacial score (nSPS) is 12.7. The molecule has 0 saturated carbocycles. The molecule has 0 bridgehead atoms. The van der Waals surface area contributed by atoms with Gasteiger partial charge in [0.15, 0.2) is 6.10 Å². The SMILES string of the molecule is CC/C=C\C/C=C\C/C=C\C/C=C\C/C=C\C/C=C\CCCCC(=O)OCC(COC(=O)CCCCCCCCCC)OC(=O)CCCCCCCCCCCCC. The van der Waals surface area contributed by atoms with E-state index in [9.17, 15) is 14.4 Å². The number of hydrogen-bond donors (Lipinski definition) is 0. The summed E-state index contributed by atoms with van der Waals surface area (Å²) < 4.78 is 16.7. The van der Waals surface area contributed by atoms with Crippen LogP contribution in [0.25, 0.3) is 0 Å². The molecule has 0 aromatic carbocycles. The summed E-state index contributed by atoms with van der Waals surface area (Å²) in [6.07, 6.45) is 57.5. The Kier molecular flexibility index (Phi) is 44.0. The minimum absolute atomic E-state index is 0.0875. The third-order valence-corrected chi connectivity index (χ3v) is 9.98. The van der Waals surface area contributed by atoms with Gasteiger partial charge >= 0.3 is 17.9 Å². The highest BCUT2D eigenvalue weighted by molar-refractivity contribution is 5.71. The van der Waals surface area contributed by atoms with E-state index >= 15 is 0 Å². The molecule has 332 valence electrons. The fraction of sp³-hybridized carbons (Fsp3) is 0.712. The molecule has 0 aromatic heterocycles. The van der Waals surface area contributed by atoms with Crippen molar-refractivity contribution in [1.82, 2.24) is 0 Å². The second-order valence-electron chi connectivity index (χ2n) is 15.6. The smallest absolute Gasteiger partial charge is 0.306 e. The van der Waals surface area contributed by atoms with Crippen LogP contribution < -0.4 is 0 Å². The van der Waals surface area contributed by atoms with E-state index in [1.165, 1.54) is 83.5 Å². The van der Waals surface area contributed by atoms with Crippen LogP contribution in [-0.2, 0) is 28.6 Å². The highest BCUT2D eigenvalue weighted by Crippen LogP contribution is 2.14. The van der Waals surface area contributed by atoms with Gasteiger partial charge in [0.25, 0.3) is 0 Å². The van der Waals surface area contributed by atoms with Gasteiger partial charge in [0, 0.05) is 19.3 Å². The van der Waals surface area contributed by atoms with E-state index in [4.69, 9.17) is 14.2 Å². The van der Waals surface area contributed by atoms with Crippen molar-refractivity contribution in [2.75, 3.05) is 13.2 Å². The van der Waals surface area contributed by atoms with Crippen LogP contribution in [0.1, 0.15) is 220 Å². The van der Waals surface area contributed by atoms with Crippen molar-refractivity contribution in [2.45, 2.75) is 226 Å². The second kappa shape index (κ2) is 46.5. The number of carbonyl (C=O) groups is 3. The largest absolute Gasteiger partial charge is 0.462 e. The third kappa shape index (κ3) is 44.0. The highest BCUT2D eigenvalue weighted by Gasteiger charge is 2.19. The summed E-state index contributed by atoms with van der Waals surface area (Å²) in [5.41, 5.74) is 0. The standard InChI is InChI=1S/C52H88O6/c1-4-7-10-13-16-19-21-22-23-24-25-26-27-28-29-30-32-33-36-39-42-45-51(54)57-48-49(47-56-50(53)44-41-38-35-18-15-12-9-6-3)58-52(55)46-43-40-37-34-31-20-17-14-11-8-5-2/h7,10,16,19,22-23,25-26,28-29,32-33,49H,4-6,8-9,11-15,17-18,20-21,24,27,30-31,34-48H2,1-3H3/b10-7-,19-16-,23-22-,26-25-,29-28-,33-32-. The first-order valence-electron chi connectivity index (χ1n) is 23.9. The lowest BCUT2D eigenvalue weighted by Crippen LogP contribution is -2.30. The molecule has 1 atom stereocenters. The fourth-order valence-corrected chi connectivity index (χ4v) is 6.38. The second-order valence-corrected chi connectivity index (χ2v) is 15.6. The maximum atomic E-state index is 12.7. The Labute approximate surface area is 357 Å². The molecule has 0 aliphatic rings. The summed E-state index contributed by atoms with van der Waals surface area (Å²) in [4.78, 5) is 37.7. The minimum atomic E-state index is -0.787. The van der Waals surface area contributed by atoms with Crippen LogP contribution >= 0.6 is 0 Å². The van der Waals surface area contributed by atoms with Crippen LogP contribution in [0.15, 0.2) is 72.9 Å². The van der Waals surface area contributed by atoms with Gasteiger partial charge in [-0.2, -0.15) is 0 Å². The highest BCUT2D eigenvalue weighted by atomic mass is 16.6. The van der Waals surface area contributed by atoms with Crippen molar-refractivity contribution in [2.24, 2.45) is 0 Å². The van der Waals surface area contributed by atoms with Crippen molar-refractivity contribution in [3.63, 3.8) is 0 Å². The lowest BCUT2D eigenvalue weighted by molar-refractivity contribution is -0.167. The average Bonchev–Trinajstić information content (AvgIpc) is 3.22. The zero-order valence-corrected chi connectivity index (χ0v) is 37.8. The monoisotopic (exact) mass is 809 g/mol. The predicted molar refractivity (Wildman–Crippen MR) is 247 cm³/mol. The summed E-state index contributed by atoms with van der Waals surface area (Å²) >= 11 is 0. The fourth-order valence-electron chi connectivity index (χ4n) is 6.38. The summed E-state index contributed by atoms with van der Waals surface area (Å²) in [7, 11) is 0. The topological polar surface area (TPSA) is 78.9 Å². The summed E-state index contributed by atoms with van der Waals surface area (Å²) in [5.74, 6) is -0.940. The molecule has 0 aliphatic heterocycles. The Morgan fingerprint density at radius 2 is 0.672 bits per heavy atom. The molecular formula is C52H88O6. The minimum Gasteiger partial charge on any atom is -0.462 e. The molecule has 0 aliphatic carbocycles. The summed E-state index contributed by atoms with van der Waals surface area (Å²) in [6, 6.07) is 0. The van der Waals surface area contributed by atoms with E-state index in [0.717, 1.165) is 96.3 Å². The van der Waals surface area contributed by atoms with E-state index < -0.39 is 6.10 Å². The first-order valence-corrected chi connectivity index (χ1v) is 23.9. The molecule has 6 nitrogen and oxygen atoms in total. The molecule has 0 spiro atoms. The predicted octanol–water partition coefficient (Wildman–Crippen LogP) is 15.5. The summed E-state index contributed by atoms with van der Waals surface area (Å²) in [5, 5.41) is 0.